The molecule has 0 aliphatic heterocycles. The van der Waals surface area contributed by atoms with Crippen LogP contribution in [0.4, 0.5) is 0 Å². The summed E-state index contributed by atoms with van der Waals surface area (Å²) in [4.78, 5) is 12.2. The van der Waals surface area contributed by atoms with Gasteiger partial charge in [-0.3, -0.25) is 5.10 Å². The highest BCUT2D eigenvalue weighted by molar-refractivity contribution is 7.91. The molecule has 0 amide bonds. The first kappa shape index (κ1) is 16.3. The average Bonchev–Trinajstić information content (AvgIpc) is 3.12. The van der Waals surface area contributed by atoms with Gasteiger partial charge >= 0.3 is 5.97 Å². The number of fused-ring (bicyclic) bond motifs is 1. The first-order chi connectivity index (χ1) is 11.4. The summed E-state index contributed by atoms with van der Waals surface area (Å²) < 4.78 is 32.4. The van der Waals surface area contributed by atoms with Crippen molar-refractivity contribution >= 4 is 26.7 Å². The molecule has 0 aliphatic carbocycles. The van der Waals surface area contributed by atoms with Gasteiger partial charge in [-0.1, -0.05) is 0 Å². The number of esters is 1. The fraction of sp³-hybridized carbons (Fsp3) is 0.250. The molecule has 8 heteroatoms. The van der Waals surface area contributed by atoms with Crippen LogP contribution in [0.15, 0.2) is 40.3 Å². The molecule has 0 radical (unpaired) electrons. The Hall–Kier alpha value is -2.61. The van der Waals surface area contributed by atoms with Crippen molar-refractivity contribution in [3.05, 3.63) is 41.9 Å². The Morgan fingerprint density at radius 1 is 1.33 bits per heavy atom. The molecular formula is C16H17N3O4S. The molecule has 3 rings (SSSR count). The summed E-state index contributed by atoms with van der Waals surface area (Å²) in [5.41, 5.74) is 1.44. The third kappa shape index (κ3) is 2.48. The van der Waals surface area contributed by atoms with E-state index in [0.29, 0.717) is 11.1 Å². The van der Waals surface area contributed by atoms with Crippen molar-refractivity contribution < 1.29 is 17.9 Å². The van der Waals surface area contributed by atoms with Crippen LogP contribution in [0.25, 0.3) is 10.9 Å². The van der Waals surface area contributed by atoms with Crippen LogP contribution in [0.5, 0.6) is 0 Å². The van der Waals surface area contributed by atoms with Crippen molar-refractivity contribution in [2.75, 3.05) is 6.61 Å². The number of nitrogens with one attached hydrogen (secondary N) is 1. The molecule has 2 heterocycles. The maximum atomic E-state index is 13.0. The monoisotopic (exact) mass is 347 g/mol. The minimum atomic E-state index is -3.76. The SMILES string of the molecule is CCOC(=O)c1cc(S(=O)(=O)c2ccc3[nH]ncc3c2)c(C)n1C. The zero-order valence-corrected chi connectivity index (χ0v) is 14.3. The van der Waals surface area contributed by atoms with Crippen molar-refractivity contribution in [3.8, 4) is 0 Å². The van der Waals surface area contributed by atoms with Gasteiger partial charge in [-0.15, -0.1) is 0 Å². The van der Waals surface area contributed by atoms with Crippen LogP contribution < -0.4 is 0 Å². The van der Waals surface area contributed by atoms with Gasteiger partial charge in [0.2, 0.25) is 9.84 Å². The number of carbonyl (C=O) groups excluding carboxylic acids is 1. The van der Waals surface area contributed by atoms with Crippen molar-refractivity contribution in [2.24, 2.45) is 7.05 Å². The molecule has 3 aromatic rings. The van der Waals surface area contributed by atoms with Crippen LogP contribution in [-0.2, 0) is 21.6 Å². The van der Waals surface area contributed by atoms with E-state index >= 15 is 0 Å². The minimum Gasteiger partial charge on any atom is -0.461 e. The van der Waals surface area contributed by atoms with Gasteiger partial charge in [0.1, 0.15) is 5.69 Å². The third-order valence-electron chi connectivity index (χ3n) is 3.98. The zero-order valence-electron chi connectivity index (χ0n) is 13.5. The van der Waals surface area contributed by atoms with E-state index in [-0.39, 0.29) is 22.1 Å². The quantitative estimate of drug-likeness (QED) is 0.730. The molecule has 126 valence electrons. The predicted molar refractivity (Wildman–Crippen MR) is 87.7 cm³/mol. The van der Waals surface area contributed by atoms with Crippen molar-refractivity contribution in [1.29, 1.82) is 0 Å². The van der Waals surface area contributed by atoms with Crippen molar-refractivity contribution in [2.45, 2.75) is 23.6 Å². The Labute approximate surface area is 139 Å². The van der Waals surface area contributed by atoms with E-state index in [1.165, 1.54) is 16.7 Å². The van der Waals surface area contributed by atoms with E-state index in [2.05, 4.69) is 10.2 Å². The Morgan fingerprint density at radius 2 is 2.08 bits per heavy atom. The maximum absolute atomic E-state index is 13.0. The van der Waals surface area contributed by atoms with Gasteiger partial charge in [0.05, 0.1) is 28.1 Å². The number of H-pyrrole nitrogens is 1. The topological polar surface area (TPSA) is 94.1 Å². The summed E-state index contributed by atoms with van der Waals surface area (Å²) in [7, 11) is -2.12. The minimum absolute atomic E-state index is 0.0934. The second-order valence-electron chi connectivity index (χ2n) is 5.38. The predicted octanol–water partition coefficient (Wildman–Crippen LogP) is 2.22. The largest absolute Gasteiger partial charge is 0.461 e. The molecule has 0 atom stereocenters. The van der Waals surface area contributed by atoms with E-state index in [1.54, 1.807) is 39.2 Å². The second kappa shape index (κ2) is 5.79. The number of hydrogen-bond acceptors (Lipinski definition) is 5. The molecule has 0 spiro atoms. The Kier molecular flexibility index (Phi) is 3.92. The first-order valence-corrected chi connectivity index (χ1v) is 8.86. The van der Waals surface area contributed by atoms with E-state index < -0.39 is 15.8 Å². The van der Waals surface area contributed by atoms with Crippen LogP contribution in [0.2, 0.25) is 0 Å². The lowest BCUT2D eigenvalue weighted by Crippen LogP contribution is -2.10. The molecule has 0 saturated carbocycles. The molecule has 7 nitrogen and oxygen atoms in total. The van der Waals surface area contributed by atoms with Crippen LogP contribution >= 0.6 is 0 Å². The summed E-state index contributed by atoms with van der Waals surface area (Å²) in [5.74, 6) is -0.546. The van der Waals surface area contributed by atoms with Gasteiger partial charge < -0.3 is 9.30 Å². The highest BCUT2D eigenvalue weighted by Gasteiger charge is 2.26. The fourth-order valence-corrected chi connectivity index (χ4v) is 4.14. The summed E-state index contributed by atoms with van der Waals surface area (Å²) in [5, 5.41) is 7.38. The van der Waals surface area contributed by atoms with Gasteiger partial charge in [-0.2, -0.15) is 5.10 Å². The lowest BCUT2D eigenvalue weighted by molar-refractivity contribution is 0.0515. The first-order valence-electron chi connectivity index (χ1n) is 7.38. The summed E-state index contributed by atoms with van der Waals surface area (Å²) in [6, 6.07) is 6.11. The fourth-order valence-electron chi connectivity index (χ4n) is 2.56. The number of hydrogen-bond donors (Lipinski definition) is 1. The molecule has 24 heavy (non-hydrogen) atoms. The summed E-state index contributed by atoms with van der Waals surface area (Å²) in [6.45, 7) is 3.58. The molecule has 0 unspecified atom stereocenters. The van der Waals surface area contributed by atoms with Crippen LogP contribution in [0.1, 0.15) is 23.1 Å². The molecule has 1 N–H and O–H groups in total. The summed E-state index contributed by atoms with van der Waals surface area (Å²) >= 11 is 0. The molecule has 0 saturated heterocycles. The molecule has 2 aromatic heterocycles. The highest BCUT2D eigenvalue weighted by atomic mass is 32.2. The number of benzene rings is 1. The molecular weight excluding hydrogens is 330 g/mol. The molecule has 0 fully saturated rings. The second-order valence-corrected chi connectivity index (χ2v) is 7.30. The van der Waals surface area contributed by atoms with Gasteiger partial charge in [0.25, 0.3) is 0 Å². The van der Waals surface area contributed by atoms with Crippen LogP contribution in [0.3, 0.4) is 0 Å². The highest BCUT2D eigenvalue weighted by Crippen LogP contribution is 2.28. The van der Waals surface area contributed by atoms with E-state index in [0.717, 1.165) is 5.52 Å². The van der Waals surface area contributed by atoms with Gasteiger partial charge in [0, 0.05) is 18.1 Å². The Morgan fingerprint density at radius 3 is 2.79 bits per heavy atom. The number of sulfone groups is 1. The lowest BCUT2D eigenvalue weighted by atomic mass is 10.3. The number of ether oxygens (including phenoxy) is 1. The van der Waals surface area contributed by atoms with E-state index in [1.807, 2.05) is 0 Å². The van der Waals surface area contributed by atoms with Gasteiger partial charge in [0.15, 0.2) is 0 Å². The summed E-state index contributed by atoms with van der Waals surface area (Å²) in [6.07, 6.45) is 1.57. The van der Waals surface area contributed by atoms with E-state index in [4.69, 9.17) is 4.74 Å². The zero-order chi connectivity index (χ0) is 17.5. The van der Waals surface area contributed by atoms with Gasteiger partial charge in [-0.05, 0) is 38.1 Å². The molecule has 0 aliphatic rings. The number of carbonyl (C=O) groups is 1. The van der Waals surface area contributed by atoms with Crippen molar-refractivity contribution in [1.82, 2.24) is 14.8 Å². The van der Waals surface area contributed by atoms with Crippen LogP contribution in [-0.4, -0.2) is 35.8 Å². The number of aromatic amines is 1. The Balaban J connectivity index is 2.12. The number of rotatable bonds is 4. The maximum Gasteiger partial charge on any atom is 0.354 e. The average molecular weight is 347 g/mol. The van der Waals surface area contributed by atoms with Crippen molar-refractivity contribution in [3.63, 3.8) is 0 Å². The molecule has 0 bridgehead atoms. The Bertz CT molecular complexity index is 1030. The van der Waals surface area contributed by atoms with Gasteiger partial charge in [-0.25, -0.2) is 13.2 Å². The number of nitrogens with zero attached hydrogens (tertiary/aromatic N) is 2. The standard InChI is InChI=1S/C16H17N3O4S/c1-4-23-16(20)14-8-15(10(2)19(14)3)24(21,22)12-5-6-13-11(7-12)9-17-18-13/h5-9H,4H2,1-3H3,(H,17,18). The molecule has 1 aromatic carbocycles. The normalized spacial score (nSPS) is 11.8. The smallest absolute Gasteiger partial charge is 0.354 e. The third-order valence-corrected chi connectivity index (χ3v) is 5.85. The van der Waals surface area contributed by atoms with Crippen LogP contribution in [0, 0.1) is 6.92 Å². The van der Waals surface area contributed by atoms with E-state index in [9.17, 15) is 13.2 Å². The lowest BCUT2D eigenvalue weighted by Gasteiger charge is -2.05. The number of aromatic nitrogens is 3.